The maximum Gasteiger partial charge on any atom is 0.573 e. The minimum Gasteiger partial charge on any atom is -0.404 e. The third kappa shape index (κ3) is 7.48. The molecule has 3 aromatic rings. The molecule has 0 spiro atoms. The number of likely N-dealkylation sites (N-methyl/N-ethyl adjacent to an activating group) is 1. The molecule has 2 amide bonds. The molecule has 2 N–H and O–H groups in total. The van der Waals surface area contributed by atoms with Crippen LogP contribution in [0.3, 0.4) is 0 Å². The Balaban J connectivity index is 1.47. The Morgan fingerprint density at radius 2 is 1.62 bits per heavy atom. The lowest BCUT2D eigenvalue weighted by Gasteiger charge is -2.31. The number of nitrogens with zero attached hydrogens (tertiary/aromatic N) is 4. The molecule has 2 aromatic carbocycles. The van der Waals surface area contributed by atoms with Crippen molar-refractivity contribution in [1.82, 2.24) is 19.8 Å². The Bertz CT molecular complexity index is 1230. The lowest BCUT2D eigenvalue weighted by atomic mass is 10.1. The van der Waals surface area contributed by atoms with Crippen molar-refractivity contribution >= 4 is 23.2 Å². The number of rotatable bonds is 7. The summed E-state index contributed by atoms with van der Waals surface area (Å²) < 4.78 is 42.9. The number of carbonyl (C=O) groups is 2. The quantitative estimate of drug-likeness (QED) is 0.498. The monoisotopic (exact) mass is 514 g/mol. The molecule has 1 saturated heterocycles. The maximum atomic E-state index is 12.9. The lowest BCUT2D eigenvalue weighted by Crippen LogP contribution is -2.47. The van der Waals surface area contributed by atoms with Crippen LogP contribution in [0, 0.1) is 0 Å². The zero-order valence-electron chi connectivity index (χ0n) is 20.0. The van der Waals surface area contributed by atoms with Crippen molar-refractivity contribution in [2.75, 3.05) is 50.4 Å². The van der Waals surface area contributed by atoms with Crippen molar-refractivity contribution in [3.63, 3.8) is 0 Å². The zero-order chi connectivity index (χ0) is 26.4. The lowest BCUT2D eigenvalue weighted by molar-refractivity contribution is -0.274. The molecule has 1 fully saturated rings. The average molecular weight is 515 g/mol. The van der Waals surface area contributed by atoms with Gasteiger partial charge in [0.2, 0.25) is 5.91 Å². The molecular weight excluding hydrogens is 489 g/mol. The van der Waals surface area contributed by atoms with Gasteiger partial charge in [0.1, 0.15) is 6.33 Å². The standard InChI is InChI=1S/C25H25F3N6O3/c1-33-8-10-34(11-9-33)15-23(35)32-21-12-18(4-7-22(21)37-25(26,27)28)24(36)31-20-5-2-17(3-6-20)19-13-29-16-30-14-19/h2-7,12-14,16H,8-11,15H2,1H3,(H,31,36)(H,32,35). The van der Waals surface area contributed by atoms with Crippen LogP contribution in [-0.4, -0.2) is 77.7 Å². The van der Waals surface area contributed by atoms with Gasteiger partial charge in [-0.15, -0.1) is 13.2 Å². The molecule has 12 heteroatoms. The Labute approximate surface area is 211 Å². The predicted octanol–water partition coefficient (Wildman–Crippen LogP) is 3.48. The van der Waals surface area contributed by atoms with Crippen LogP contribution in [0.15, 0.2) is 61.2 Å². The first-order valence-electron chi connectivity index (χ1n) is 11.4. The van der Waals surface area contributed by atoms with Crippen LogP contribution in [0.5, 0.6) is 5.75 Å². The van der Waals surface area contributed by atoms with Crippen molar-refractivity contribution in [1.29, 1.82) is 0 Å². The SMILES string of the molecule is CN1CCN(CC(=O)Nc2cc(C(=O)Nc3ccc(-c4cncnc4)cc3)ccc2OC(F)(F)F)CC1. The summed E-state index contributed by atoms with van der Waals surface area (Å²) in [6.07, 6.45) is -0.228. The second-order valence-electron chi connectivity index (χ2n) is 8.54. The highest BCUT2D eigenvalue weighted by Crippen LogP contribution is 2.31. The maximum absolute atomic E-state index is 12.9. The van der Waals surface area contributed by atoms with Gasteiger partial charge in [0.25, 0.3) is 5.91 Å². The van der Waals surface area contributed by atoms with E-state index in [2.05, 4.69) is 30.2 Å². The van der Waals surface area contributed by atoms with Gasteiger partial charge in [-0.05, 0) is 42.9 Å². The Morgan fingerprint density at radius 1 is 0.946 bits per heavy atom. The fourth-order valence-corrected chi connectivity index (χ4v) is 3.78. The first kappa shape index (κ1) is 26.0. The Kier molecular flexibility index (Phi) is 7.99. The highest BCUT2D eigenvalue weighted by Gasteiger charge is 2.32. The molecule has 0 unspecified atom stereocenters. The molecule has 37 heavy (non-hydrogen) atoms. The molecule has 0 radical (unpaired) electrons. The molecule has 0 atom stereocenters. The number of aromatic nitrogens is 2. The minimum atomic E-state index is -4.97. The summed E-state index contributed by atoms with van der Waals surface area (Å²) in [5, 5.41) is 5.16. The van der Waals surface area contributed by atoms with Gasteiger partial charge in [-0.25, -0.2) is 9.97 Å². The van der Waals surface area contributed by atoms with Crippen molar-refractivity contribution in [3.8, 4) is 16.9 Å². The summed E-state index contributed by atoms with van der Waals surface area (Å²) in [5.41, 5.74) is 1.92. The number of carbonyl (C=O) groups excluding carboxylic acids is 2. The van der Waals surface area contributed by atoms with Crippen molar-refractivity contribution in [2.24, 2.45) is 0 Å². The van der Waals surface area contributed by atoms with Crippen molar-refractivity contribution in [3.05, 3.63) is 66.7 Å². The molecule has 9 nitrogen and oxygen atoms in total. The van der Waals surface area contributed by atoms with Crippen LogP contribution in [0.1, 0.15) is 10.4 Å². The van der Waals surface area contributed by atoms with Gasteiger partial charge in [0.05, 0.1) is 12.2 Å². The van der Waals surface area contributed by atoms with Gasteiger partial charge < -0.3 is 20.3 Å². The van der Waals surface area contributed by atoms with E-state index in [0.29, 0.717) is 18.8 Å². The third-order valence-corrected chi connectivity index (χ3v) is 5.74. The van der Waals surface area contributed by atoms with Crippen molar-refractivity contribution in [2.45, 2.75) is 6.36 Å². The van der Waals surface area contributed by atoms with Gasteiger partial charge in [-0.2, -0.15) is 0 Å². The first-order chi connectivity index (χ1) is 17.7. The van der Waals surface area contributed by atoms with E-state index in [1.54, 1.807) is 36.7 Å². The van der Waals surface area contributed by atoms with E-state index in [0.717, 1.165) is 36.3 Å². The van der Waals surface area contributed by atoms with Gasteiger partial charge >= 0.3 is 6.36 Å². The first-order valence-corrected chi connectivity index (χ1v) is 11.4. The normalized spacial score (nSPS) is 14.7. The van der Waals surface area contributed by atoms with Gasteiger partial charge in [0.15, 0.2) is 5.75 Å². The average Bonchev–Trinajstić information content (AvgIpc) is 2.86. The van der Waals surface area contributed by atoms with E-state index in [1.807, 2.05) is 11.9 Å². The number of benzene rings is 2. The van der Waals surface area contributed by atoms with E-state index < -0.39 is 23.9 Å². The van der Waals surface area contributed by atoms with Crippen LogP contribution < -0.4 is 15.4 Å². The zero-order valence-corrected chi connectivity index (χ0v) is 20.0. The fourth-order valence-electron chi connectivity index (χ4n) is 3.78. The van der Waals surface area contributed by atoms with Crippen LogP contribution >= 0.6 is 0 Å². The van der Waals surface area contributed by atoms with E-state index in [9.17, 15) is 22.8 Å². The Hall–Kier alpha value is -4.03. The summed E-state index contributed by atoms with van der Waals surface area (Å²) in [4.78, 5) is 37.4. The number of hydrogen-bond acceptors (Lipinski definition) is 7. The topological polar surface area (TPSA) is 99.7 Å². The number of piperazine rings is 1. The smallest absolute Gasteiger partial charge is 0.404 e. The van der Waals surface area contributed by atoms with E-state index in [-0.39, 0.29) is 17.8 Å². The highest BCUT2D eigenvalue weighted by molar-refractivity contribution is 6.06. The second kappa shape index (κ2) is 11.4. The summed E-state index contributed by atoms with van der Waals surface area (Å²) in [6.45, 7) is 2.90. The molecular formula is C25H25F3N6O3. The predicted molar refractivity (Wildman–Crippen MR) is 131 cm³/mol. The third-order valence-electron chi connectivity index (χ3n) is 5.74. The molecule has 4 rings (SSSR count). The van der Waals surface area contributed by atoms with Gasteiger partial charge in [-0.3, -0.25) is 14.5 Å². The van der Waals surface area contributed by atoms with Crippen LogP contribution in [-0.2, 0) is 4.79 Å². The fraction of sp³-hybridized carbons (Fsp3) is 0.280. The van der Waals surface area contributed by atoms with Gasteiger partial charge in [-0.1, -0.05) is 12.1 Å². The molecule has 1 aliphatic rings. The second-order valence-corrected chi connectivity index (χ2v) is 8.54. The molecule has 194 valence electrons. The summed E-state index contributed by atoms with van der Waals surface area (Å²) in [6, 6.07) is 10.3. The number of nitrogens with one attached hydrogen (secondary N) is 2. The number of amides is 2. The van der Waals surface area contributed by atoms with E-state index in [1.165, 1.54) is 12.4 Å². The number of hydrogen-bond donors (Lipinski definition) is 2. The molecule has 2 heterocycles. The van der Waals surface area contributed by atoms with Gasteiger partial charge in [0, 0.05) is 55.4 Å². The van der Waals surface area contributed by atoms with E-state index in [4.69, 9.17) is 0 Å². The minimum absolute atomic E-state index is 0.00846. The number of halogens is 3. The van der Waals surface area contributed by atoms with E-state index >= 15 is 0 Å². The molecule has 1 aromatic heterocycles. The number of alkyl halides is 3. The summed E-state index contributed by atoms with van der Waals surface area (Å²) >= 11 is 0. The van der Waals surface area contributed by atoms with Crippen LogP contribution in [0.2, 0.25) is 0 Å². The number of anilines is 2. The molecule has 0 saturated carbocycles. The molecule has 1 aliphatic heterocycles. The summed E-state index contributed by atoms with van der Waals surface area (Å²) in [7, 11) is 1.97. The largest absolute Gasteiger partial charge is 0.573 e. The van der Waals surface area contributed by atoms with Crippen LogP contribution in [0.4, 0.5) is 24.5 Å². The highest BCUT2D eigenvalue weighted by atomic mass is 19.4. The summed E-state index contributed by atoms with van der Waals surface area (Å²) in [5.74, 6) is -1.68. The van der Waals surface area contributed by atoms with Crippen LogP contribution in [0.25, 0.3) is 11.1 Å². The Morgan fingerprint density at radius 3 is 2.27 bits per heavy atom. The molecule has 0 bridgehead atoms. The van der Waals surface area contributed by atoms with Crippen molar-refractivity contribution < 1.29 is 27.5 Å². The number of ether oxygens (including phenoxy) is 1. The molecule has 0 aliphatic carbocycles.